The van der Waals surface area contributed by atoms with Crippen LogP contribution in [0.3, 0.4) is 0 Å². The first-order valence-electron chi connectivity index (χ1n) is 13.0. The summed E-state index contributed by atoms with van der Waals surface area (Å²) in [5.74, 6) is 0.411. The van der Waals surface area contributed by atoms with E-state index in [9.17, 15) is 18.5 Å². The molecule has 5 aromatic rings. The van der Waals surface area contributed by atoms with E-state index in [1.807, 2.05) is 6.07 Å². The topological polar surface area (TPSA) is 171 Å². The Morgan fingerprint density at radius 1 is 0.909 bits per heavy atom. The number of carbonyl (C=O) groups excluding carboxylic acids is 1. The van der Waals surface area contributed by atoms with Gasteiger partial charge in [0.25, 0.3) is 16.0 Å². The first kappa shape index (κ1) is 28.2. The summed E-state index contributed by atoms with van der Waals surface area (Å²) in [6.07, 6.45) is 0. The van der Waals surface area contributed by atoms with Gasteiger partial charge in [0.1, 0.15) is 17.4 Å². The molecular formula is C31H21N7O5S. The smallest absolute Gasteiger partial charge is 0.294 e. The number of imidazole rings is 1. The third kappa shape index (κ3) is 5.34. The second kappa shape index (κ2) is 11.4. The van der Waals surface area contributed by atoms with E-state index in [0.717, 1.165) is 0 Å². The quantitative estimate of drug-likeness (QED) is 0.125. The third-order valence-corrected chi connectivity index (χ3v) is 7.61. The number of hydrogen-bond acceptors (Lipinski definition) is 10. The molecular weight excluding hydrogens is 582 g/mol. The zero-order valence-corrected chi connectivity index (χ0v) is 23.7. The molecule has 13 heteroatoms. The lowest BCUT2D eigenvalue weighted by Gasteiger charge is -2.20. The van der Waals surface area contributed by atoms with E-state index in [1.54, 1.807) is 73.8 Å². The van der Waals surface area contributed by atoms with Gasteiger partial charge >= 0.3 is 0 Å². The van der Waals surface area contributed by atoms with Crippen LogP contribution in [0.1, 0.15) is 16.2 Å². The Morgan fingerprint density at radius 3 is 2.16 bits per heavy atom. The number of allylic oxidation sites excluding steroid dienone is 2. The van der Waals surface area contributed by atoms with Crippen molar-refractivity contribution in [3.63, 3.8) is 0 Å². The number of carbonyl (C=O) groups is 1. The lowest BCUT2D eigenvalue weighted by Crippen LogP contribution is -2.30. The predicted molar refractivity (Wildman–Crippen MR) is 164 cm³/mol. The molecule has 0 amide bonds. The van der Waals surface area contributed by atoms with Crippen molar-refractivity contribution in [2.24, 2.45) is 15.3 Å². The van der Waals surface area contributed by atoms with E-state index in [4.69, 9.17) is 9.29 Å². The Bertz CT molecular complexity index is 2160. The lowest BCUT2D eigenvalue weighted by atomic mass is 9.92. The second-order valence-electron chi connectivity index (χ2n) is 9.44. The standard InChI is InChI=1S/C31H21N7O5S/c1-43-23-14-6-19(7-15-23)28-25(18-32)30-33-26-4-2-3-5-27(26)38(30)31(39)29(28)37-36-21-10-8-20(9-11-21)34-35-22-12-16-24(17-13-22)44(40,41)42/h2-17,36H,1H3,(H,40,41,42)/b35-34?,37-29+. The zero-order valence-electron chi connectivity index (χ0n) is 22.9. The monoisotopic (exact) mass is 603 g/mol. The van der Waals surface area contributed by atoms with Crippen LogP contribution >= 0.6 is 0 Å². The van der Waals surface area contributed by atoms with Crippen molar-refractivity contribution in [1.29, 1.82) is 5.26 Å². The highest BCUT2D eigenvalue weighted by Gasteiger charge is 2.35. The summed E-state index contributed by atoms with van der Waals surface area (Å²) in [4.78, 5) is 18.3. The van der Waals surface area contributed by atoms with Gasteiger partial charge in [-0.05, 0) is 78.4 Å². The molecule has 0 saturated heterocycles. The Kier molecular flexibility index (Phi) is 7.28. The molecule has 1 aliphatic rings. The Hall–Kier alpha value is -5.97. The number of fused-ring (bicyclic) bond motifs is 3. The molecule has 2 heterocycles. The van der Waals surface area contributed by atoms with Crippen LogP contribution in [0.2, 0.25) is 0 Å². The first-order valence-corrected chi connectivity index (χ1v) is 14.5. The van der Waals surface area contributed by atoms with Gasteiger partial charge in [-0.1, -0.05) is 24.3 Å². The molecule has 0 radical (unpaired) electrons. The summed E-state index contributed by atoms with van der Waals surface area (Å²) in [5, 5.41) is 23.0. The molecule has 0 spiro atoms. The molecule has 0 saturated carbocycles. The predicted octanol–water partition coefficient (Wildman–Crippen LogP) is 6.26. The van der Waals surface area contributed by atoms with Crippen LogP contribution in [0.25, 0.3) is 22.2 Å². The highest BCUT2D eigenvalue weighted by molar-refractivity contribution is 7.85. The van der Waals surface area contributed by atoms with Gasteiger partial charge in [-0.25, -0.2) is 4.98 Å². The van der Waals surface area contributed by atoms with Gasteiger partial charge < -0.3 is 4.74 Å². The summed E-state index contributed by atoms with van der Waals surface area (Å²) in [6, 6.07) is 28.4. The van der Waals surface area contributed by atoms with Gasteiger partial charge in [-0.3, -0.25) is 19.3 Å². The fourth-order valence-corrected chi connectivity index (χ4v) is 5.09. The first-order chi connectivity index (χ1) is 21.3. The molecule has 0 atom stereocenters. The molecule has 6 rings (SSSR count). The van der Waals surface area contributed by atoms with Crippen molar-refractivity contribution >= 4 is 61.0 Å². The van der Waals surface area contributed by atoms with E-state index < -0.39 is 16.0 Å². The Labute approximate surface area is 251 Å². The number of methoxy groups -OCH3 is 1. The summed E-state index contributed by atoms with van der Waals surface area (Å²) >= 11 is 0. The minimum Gasteiger partial charge on any atom is -0.497 e. The van der Waals surface area contributed by atoms with Crippen molar-refractivity contribution in [2.75, 3.05) is 12.5 Å². The number of hydrogen-bond donors (Lipinski definition) is 2. The minimum atomic E-state index is -4.30. The van der Waals surface area contributed by atoms with Gasteiger partial charge in [-0.2, -0.15) is 29.0 Å². The SMILES string of the molecule is COc1ccc(C2=C(C#N)c3nc4ccccc4n3C(=O)/C2=N/Nc2ccc(N=Nc3ccc(S(=O)(=O)O)cc3)cc2)cc1. The average Bonchev–Trinajstić information content (AvgIpc) is 3.43. The maximum absolute atomic E-state index is 13.9. The molecule has 4 aromatic carbocycles. The van der Waals surface area contributed by atoms with E-state index in [2.05, 4.69) is 31.8 Å². The van der Waals surface area contributed by atoms with Crippen LogP contribution in [0.4, 0.5) is 17.1 Å². The van der Waals surface area contributed by atoms with E-state index in [0.29, 0.717) is 45.0 Å². The van der Waals surface area contributed by atoms with Crippen LogP contribution in [0.15, 0.2) is 117 Å². The molecule has 0 unspecified atom stereocenters. The number of ether oxygens (including phenoxy) is 1. The molecule has 1 aliphatic heterocycles. The number of para-hydroxylation sites is 2. The highest BCUT2D eigenvalue weighted by atomic mass is 32.2. The number of nitrogens with one attached hydrogen (secondary N) is 1. The van der Waals surface area contributed by atoms with Crippen molar-refractivity contribution in [2.45, 2.75) is 4.90 Å². The van der Waals surface area contributed by atoms with Crippen LogP contribution in [0, 0.1) is 11.3 Å². The molecule has 1 aromatic heterocycles. The molecule has 44 heavy (non-hydrogen) atoms. The van der Waals surface area contributed by atoms with E-state index >= 15 is 0 Å². The van der Waals surface area contributed by atoms with Gasteiger partial charge in [0.15, 0.2) is 11.5 Å². The maximum Gasteiger partial charge on any atom is 0.294 e. The summed E-state index contributed by atoms with van der Waals surface area (Å²) in [5.41, 5.74) is 6.63. The average molecular weight is 604 g/mol. The number of aromatic nitrogens is 2. The fourth-order valence-electron chi connectivity index (χ4n) is 4.61. The normalized spacial score (nSPS) is 14.2. The van der Waals surface area contributed by atoms with Crippen molar-refractivity contribution in [1.82, 2.24) is 9.55 Å². The van der Waals surface area contributed by atoms with Crippen LogP contribution in [-0.4, -0.2) is 41.3 Å². The molecule has 0 bridgehead atoms. The number of nitrogens with zero attached hydrogens (tertiary/aromatic N) is 6. The number of nitriles is 1. The van der Waals surface area contributed by atoms with Gasteiger partial charge in [-0.15, -0.1) is 0 Å². The number of hydrazone groups is 1. The zero-order chi connectivity index (χ0) is 30.8. The third-order valence-electron chi connectivity index (χ3n) is 6.75. The van der Waals surface area contributed by atoms with E-state index in [1.165, 1.54) is 28.8 Å². The summed E-state index contributed by atoms with van der Waals surface area (Å²) in [6.45, 7) is 0. The highest BCUT2D eigenvalue weighted by Crippen LogP contribution is 2.35. The molecule has 0 aliphatic carbocycles. The summed E-state index contributed by atoms with van der Waals surface area (Å²) in [7, 11) is -2.75. The van der Waals surface area contributed by atoms with Gasteiger partial charge in [0, 0.05) is 5.57 Å². The van der Waals surface area contributed by atoms with Gasteiger partial charge in [0.05, 0.1) is 40.1 Å². The minimum absolute atomic E-state index is 0.0273. The van der Waals surface area contributed by atoms with Gasteiger partial charge in [0.2, 0.25) is 0 Å². The van der Waals surface area contributed by atoms with Crippen LogP contribution in [0.5, 0.6) is 5.75 Å². The fraction of sp³-hybridized carbons (Fsp3) is 0.0323. The van der Waals surface area contributed by atoms with E-state index in [-0.39, 0.29) is 22.0 Å². The number of anilines is 1. The van der Waals surface area contributed by atoms with Crippen molar-refractivity contribution < 1.29 is 22.5 Å². The number of rotatable bonds is 7. The Balaban J connectivity index is 1.33. The van der Waals surface area contributed by atoms with Crippen LogP contribution in [-0.2, 0) is 10.1 Å². The number of azo groups is 1. The molecule has 2 N–H and O–H groups in total. The number of benzene rings is 4. The summed E-state index contributed by atoms with van der Waals surface area (Å²) < 4.78 is 38.2. The maximum atomic E-state index is 13.9. The lowest BCUT2D eigenvalue weighted by molar-refractivity contribution is 0.0994. The van der Waals surface area contributed by atoms with Crippen molar-refractivity contribution in [3.8, 4) is 11.8 Å². The van der Waals surface area contributed by atoms with Crippen molar-refractivity contribution in [3.05, 3.63) is 108 Å². The molecule has 0 fully saturated rings. The molecule has 216 valence electrons. The molecule has 12 nitrogen and oxygen atoms in total. The van der Waals surface area contributed by atoms with Crippen LogP contribution < -0.4 is 10.2 Å². The second-order valence-corrected chi connectivity index (χ2v) is 10.9. The largest absolute Gasteiger partial charge is 0.497 e. The Morgan fingerprint density at radius 2 is 1.55 bits per heavy atom.